The Hall–Kier alpha value is -0.810. The van der Waals surface area contributed by atoms with Gasteiger partial charge in [-0.2, -0.15) is 0 Å². The molecule has 0 aliphatic rings. The Kier molecular flexibility index (Phi) is 3.58. The second-order valence-electron chi connectivity index (χ2n) is 3.84. The Bertz CT molecular complexity index is 597. The first-order valence-corrected chi connectivity index (χ1v) is 6.88. The van der Waals surface area contributed by atoms with Crippen molar-refractivity contribution < 1.29 is 4.79 Å². The van der Waals surface area contributed by atoms with Crippen molar-refractivity contribution in [3.8, 4) is 0 Å². The van der Waals surface area contributed by atoms with Gasteiger partial charge in [-0.05, 0) is 37.1 Å². The van der Waals surface area contributed by atoms with Crippen LogP contribution in [-0.4, -0.2) is 16.3 Å². The number of carbonyl (C=O) groups is 1. The van der Waals surface area contributed by atoms with Gasteiger partial charge in [0.25, 0.3) is 0 Å². The summed E-state index contributed by atoms with van der Waals surface area (Å²) in [6.07, 6.45) is 0.729. The first-order valence-electron chi connectivity index (χ1n) is 5.05. The normalized spacial score (nSPS) is 11.1. The number of hydrogen-bond donors (Lipinski definition) is 0. The maximum Gasteiger partial charge on any atom is 0.170 e. The summed E-state index contributed by atoms with van der Waals surface area (Å²) in [7, 11) is 0. The molecule has 0 saturated carbocycles. The third kappa shape index (κ3) is 2.40. The average molecular weight is 358 g/mol. The largest absolute Gasteiger partial charge is 0.296 e. The van der Waals surface area contributed by atoms with Gasteiger partial charge in [0.15, 0.2) is 6.29 Å². The molecule has 0 fully saturated rings. The van der Waals surface area contributed by atoms with Crippen LogP contribution >= 0.6 is 31.9 Å². The topological polar surface area (TPSA) is 42.9 Å². The molecule has 2 aromatic rings. The molecule has 0 unspecified atom stereocenters. The predicted molar refractivity (Wildman–Crippen MR) is 75.0 cm³/mol. The lowest BCUT2D eigenvalue weighted by molar-refractivity contribution is 0.111. The summed E-state index contributed by atoms with van der Waals surface area (Å²) in [6, 6.07) is 3.93. The van der Waals surface area contributed by atoms with E-state index in [9.17, 15) is 4.79 Å². The van der Waals surface area contributed by atoms with Crippen LogP contribution in [0.5, 0.6) is 0 Å². The first-order chi connectivity index (χ1) is 8.02. The lowest BCUT2D eigenvalue weighted by atomic mass is 10.1. The third-order valence-electron chi connectivity index (χ3n) is 2.65. The molecule has 0 N–H and O–H groups in total. The van der Waals surface area contributed by atoms with Gasteiger partial charge in [0.05, 0.1) is 16.7 Å². The quantitative estimate of drug-likeness (QED) is 0.605. The van der Waals surface area contributed by atoms with E-state index in [-0.39, 0.29) is 3.74 Å². The zero-order chi connectivity index (χ0) is 12.6. The van der Waals surface area contributed by atoms with Gasteiger partial charge in [-0.15, -0.1) is 0 Å². The lowest BCUT2D eigenvalue weighted by Crippen LogP contribution is -2.01. The van der Waals surface area contributed by atoms with E-state index in [1.54, 1.807) is 0 Å². The van der Waals surface area contributed by atoms with Crippen LogP contribution in [0.25, 0.3) is 11.0 Å². The van der Waals surface area contributed by atoms with Crippen LogP contribution in [0.2, 0.25) is 0 Å². The van der Waals surface area contributed by atoms with Gasteiger partial charge in [0.2, 0.25) is 0 Å². The fraction of sp³-hybridized carbons (Fsp3) is 0.250. The van der Waals surface area contributed by atoms with E-state index in [1.807, 2.05) is 26.0 Å². The summed E-state index contributed by atoms with van der Waals surface area (Å²) in [5.41, 5.74) is 4.83. The minimum absolute atomic E-state index is 0.172. The number of nitrogens with zero attached hydrogens (tertiary/aromatic N) is 2. The number of carbonyl (C=O) groups excluding carboxylic acids is 1. The van der Waals surface area contributed by atoms with Crippen molar-refractivity contribution in [2.24, 2.45) is 0 Å². The van der Waals surface area contributed by atoms with Gasteiger partial charge >= 0.3 is 0 Å². The zero-order valence-corrected chi connectivity index (χ0v) is 12.5. The van der Waals surface area contributed by atoms with Gasteiger partial charge in [-0.1, -0.05) is 31.9 Å². The summed E-state index contributed by atoms with van der Waals surface area (Å²) in [5, 5.41) is 0. The number of aromatic nitrogens is 2. The van der Waals surface area contributed by atoms with Crippen molar-refractivity contribution >= 4 is 49.2 Å². The monoisotopic (exact) mass is 356 g/mol. The van der Waals surface area contributed by atoms with Gasteiger partial charge in [0.1, 0.15) is 9.43 Å². The molecule has 5 heteroatoms. The number of alkyl halides is 2. The van der Waals surface area contributed by atoms with Crippen molar-refractivity contribution in [3.05, 3.63) is 34.6 Å². The number of rotatable bonds is 2. The molecule has 2 rings (SSSR count). The van der Waals surface area contributed by atoms with Crippen molar-refractivity contribution in [3.63, 3.8) is 0 Å². The van der Waals surface area contributed by atoms with E-state index in [2.05, 4.69) is 41.8 Å². The van der Waals surface area contributed by atoms with E-state index in [0.717, 1.165) is 28.4 Å². The fourth-order valence-electron chi connectivity index (χ4n) is 1.59. The van der Waals surface area contributed by atoms with E-state index >= 15 is 0 Å². The molecule has 1 aromatic carbocycles. The van der Waals surface area contributed by atoms with Crippen LogP contribution in [0.1, 0.15) is 31.0 Å². The maximum absolute atomic E-state index is 11.0. The summed E-state index contributed by atoms with van der Waals surface area (Å²) in [4.78, 5) is 19.8. The number of hydrogen-bond acceptors (Lipinski definition) is 3. The standard InChI is InChI=1S/C12H10Br2N2O/c1-6-3-8-9(4-7(6)2)16-11(12(13)14)10(5-17)15-8/h3-5,12H,1-2H3. The average Bonchev–Trinajstić information content (AvgIpc) is 2.29. The number of benzene rings is 1. The Morgan fingerprint density at radius 1 is 1.12 bits per heavy atom. The molecule has 1 heterocycles. The van der Waals surface area contributed by atoms with E-state index in [0.29, 0.717) is 11.4 Å². The molecule has 3 nitrogen and oxygen atoms in total. The van der Waals surface area contributed by atoms with Crippen LogP contribution < -0.4 is 0 Å². The van der Waals surface area contributed by atoms with Crippen molar-refractivity contribution in [1.82, 2.24) is 9.97 Å². The second-order valence-corrected chi connectivity index (χ2v) is 6.90. The second kappa shape index (κ2) is 4.82. The molecule has 17 heavy (non-hydrogen) atoms. The minimum Gasteiger partial charge on any atom is -0.296 e. The highest BCUT2D eigenvalue weighted by Crippen LogP contribution is 2.30. The van der Waals surface area contributed by atoms with Crippen LogP contribution in [0, 0.1) is 13.8 Å². The summed E-state index contributed by atoms with van der Waals surface area (Å²) >= 11 is 6.70. The van der Waals surface area contributed by atoms with Gasteiger partial charge in [-0.3, -0.25) is 4.79 Å². The Morgan fingerprint density at radius 3 is 2.12 bits per heavy atom. The highest BCUT2D eigenvalue weighted by molar-refractivity contribution is 9.24. The fourth-order valence-corrected chi connectivity index (χ4v) is 2.26. The molecular formula is C12H10Br2N2O. The molecule has 0 amide bonds. The van der Waals surface area contributed by atoms with Crippen LogP contribution in [-0.2, 0) is 0 Å². The third-order valence-corrected chi connectivity index (χ3v) is 3.52. The van der Waals surface area contributed by atoms with E-state index in [4.69, 9.17) is 0 Å². The molecule has 0 atom stereocenters. The highest BCUT2D eigenvalue weighted by atomic mass is 79.9. The van der Waals surface area contributed by atoms with E-state index < -0.39 is 0 Å². The van der Waals surface area contributed by atoms with Gasteiger partial charge in [-0.25, -0.2) is 9.97 Å². The lowest BCUT2D eigenvalue weighted by Gasteiger charge is -2.08. The Labute approximate surface area is 116 Å². The van der Waals surface area contributed by atoms with Gasteiger partial charge < -0.3 is 0 Å². The minimum atomic E-state index is -0.172. The Balaban J connectivity index is 2.78. The van der Waals surface area contributed by atoms with Crippen LogP contribution in [0.4, 0.5) is 0 Å². The molecule has 1 aromatic heterocycles. The summed E-state index contributed by atoms with van der Waals surface area (Å²) in [5.74, 6) is 0. The Morgan fingerprint density at radius 2 is 1.65 bits per heavy atom. The molecular weight excluding hydrogens is 348 g/mol. The number of fused-ring (bicyclic) bond motifs is 1. The molecule has 0 spiro atoms. The SMILES string of the molecule is Cc1cc2nc(C=O)c(C(Br)Br)nc2cc1C. The molecule has 0 aliphatic carbocycles. The molecule has 0 aliphatic heterocycles. The smallest absolute Gasteiger partial charge is 0.170 e. The van der Waals surface area contributed by atoms with E-state index in [1.165, 1.54) is 0 Å². The van der Waals surface area contributed by atoms with Crippen LogP contribution in [0.15, 0.2) is 12.1 Å². The molecule has 0 saturated heterocycles. The number of aryl methyl sites for hydroxylation is 2. The van der Waals surface area contributed by atoms with Crippen molar-refractivity contribution in [1.29, 1.82) is 0 Å². The maximum atomic E-state index is 11.0. The zero-order valence-electron chi connectivity index (χ0n) is 9.37. The number of aldehydes is 1. The first kappa shape index (κ1) is 12.6. The summed E-state index contributed by atoms with van der Waals surface area (Å²) in [6.45, 7) is 4.05. The highest BCUT2D eigenvalue weighted by Gasteiger charge is 2.14. The summed E-state index contributed by atoms with van der Waals surface area (Å²) < 4.78 is -0.172. The molecule has 0 radical (unpaired) electrons. The van der Waals surface area contributed by atoms with Gasteiger partial charge in [0, 0.05) is 0 Å². The van der Waals surface area contributed by atoms with Crippen molar-refractivity contribution in [2.45, 2.75) is 17.6 Å². The predicted octanol–water partition coefficient (Wildman–Crippen LogP) is 3.85. The molecule has 0 bridgehead atoms. The van der Waals surface area contributed by atoms with Crippen molar-refractivity contribution in [2.75, 3.05) is 0 Å². The number of halogens is 2. The van der Waals surface area contributed by atoms with Crippen LogP contribution in [0.3, 0.4) is 0 Å². The molecule has 88 valence electrons.